The molecule has 3 aromatic carbocycles. The summed E-state index contributed by atoms with van der Waals surface area (Å²) in [5.74, 6) is 0.231. The van der Waals surface area contributed by atoms with Crippen molar-refractivity contribution in [1.82, 2.24) is 4.98 Å². The van der Waals surface area contributed by atoms with E-state index < -0.39 is 0 Å². The predicted octanol–water partition coefficient (Wildman–Crippen LogP) is 4.96. The number of oxazole rings is 1. The van der Waals surface area contributed by atoms with Crippen molar-refractivity contribution >= 4 is 40.2 Å². The summed E-state index contributed by atoms with van der Waals surface area (Å²) in [5.41, 5.74) is 2.98. The Hall–Kier alpha value is -3.64. The minimum Gasteiger partial charge on any atom is -0.495 e. The molecule has 1 aliphatic rings. The van der Waals surface area contributed by atoms with Gasteiger partial charge in [0.05, 0.1) is 28.9 Å². The summed E-state index contributed by atoms with van der Waals surface area (Å²) < 4.78 is 11.0. The molecule has 29 heavy (non-hydrogen) atoms. The van der Waals surface area contributed by atoms with E-state index in [1.54, 1.807) is 67.8 Å². The largest absolute Gasteiger partial charge is 0.495 e. The van der Waals surface area contributed by atoms with Gasteiger partial charge in [-0.3, -0.25) is 9.59 Å². The van der Waals surface area contributed by atoms with E-state index in [0.29, 0.717) is 50.1 Å². The van der Waals surface area contributed by atoms with Gasteiger partial charge in [0.1, 0.15) is 11.3 Å². The monoisotopic (exact) mass is 404 g/mol. The number of halogens is 1. The fraction of sp³-hybridized carbons (Fsp3) is 0.0455. The number of ether oxygens (including phenoxy) is 1. The van der Waals surface area contributed by atoms with Gasteiger partial charge in [0.2, 0.25) is 5.89 Å². The summed E-state index contributed by atoms with van der Waals surface area (Å²) in [5, 5.41) is 0.443. The SMILES string of the molecule is COc1ccc(-c2nc3cc(N4C(=O)c5ccccc5C4=O)ccc3o2)cc1Cl. The minimum atomic E-state index is -0.351. The minimum absolute atomic E-state index is 0.351. The Bertz CT molecular complexity index is 1280. The highest BCUT2D eigenvalue weighted by atomic mass is 35.5. The highest BCUT2D eigenvalue weighted by Gasteiger charge is 2.36. The third-order valence-corrected chi connectivity index (χ3v) is 5.12. The third-order valence-electron chi connectivity index (χ3n) is 4.82. The van der Waals surface area contributed by atoms with Crippen molar-refractivity contribution in [2.45, 2.75) is 0 Å². The zero-order valence-electron chi connectivity index (χ0n) is 15.2. The summed E-state index contributed by atoms with van der Waals surface area (Å²) in [6.45, 7) is 0. The van der Waals surface area contributed by atoms with Gasteiger partial charge in [0, 0.05) is 5.56 Å². The van der Waals surface area contributed by atoms with Crippen molar-refractivity contribution in [1.29, 1.82) is 0 Å². The van der Waals surface area contributed by atoms with E-state index >= 15 is 0 Å². The van der Waals surface area contributed by atoms with E-state index in [0.717, 1.165) is 4.90 Å². The van der Waals surface area contributed by atoms with Gasteiger partial charge in [-0.1, -0.05) is 23.7 Å². The summed E-state index contributed by atoms with van der Waals surface area (Å²) in [6, 6.07) is 17.0. The van der Waals surface area contributed by atoms with Crippen molar-refractivity contribution in [2.75, 3.05) is 12.0 Å². The number of benzene rings is 3. The predicted molar refractivity (Wildman–Crippen MR) is 109 cm³/mol. The normalized spacial score (nSPS) is 13.2. The van der Waals surface area contributed by atoms with E-state index in [1.165, 1.54) is 0 Å². The first-order valence-electron chi connectivity index (χ1n) is 8.79. The number of anilines is 1. The molecule has 0 saturated heterocycles. The van der Waals surface area contributed by atoms with Crippen LogP contribution in [-0.2, 0) is 0 Å². The molecule has 142 valence electrons. The Morgan fingerprint density at radius 3 is 2.34 bits per heavy atom. The second-order valence-corrected chi connectivity index (χ2v) is 6.92. The Morgan fingerprint density at radius 2 is 1.69 bits per heavy atom. The second-order valence-electron chi connectivity index (χ2n) is 6.51. The molecule has 2 heterocycles. The van der Waals surface area contributed by atoms with E-state index in [-0.39, 0.29) is 11.8 Å². The fourth-order valence-electron chi connectivity index (χ4n) is 3.40. The van der Waals surface area contributed by atoms with E-state index in [2.05, 4.69) is 4.98 Å². The maximum atomic E-state index is 12.7. The number of methoxy groups -OCH3 is 1. The van der Waals surface area contributed by atoms with Gasteiger partial charge in [0.15, 0.2) is 5.58 Å². The lowest BCUT2D eigenvalue weighted by Gasteiger charge is -2.13. The van der Waals surface area contributed by atoms with Crippen molar-refractivity contribution in [3.63, 3.8) is 0 Å². The van der Waals surface area contributed by atoms with Gasteiger partial charge in [0.25, 0.3) is 11.8 Å². The maximum Gasteiger partial charge on any atom is 0.266 e. The quantitative estimate of drug-likeness (QED) is 0.451. The lowest BCUT2D eigenvalue weighted by molar-refractivity contribution is 0.0926. The number of hydrogen-bond donors (Lipinski definition) is 0. The topological polar surface area (TPSA) is 72.6 Å². The molecule has 4 aromatic rings. The number of nitrogens with zero attached hydrogens (tertiary/aromatic N) is 2. The van der Waals surface area contributed by atoms with E-state index in [4.69, 9.17) is 20.8 Å². The molecule has 6 nitrogen and oxygen atoms in total. The number of hydrogen-bond acceptors (Lipinski definition) is 5. The number of fused-ring (bicyclic) bond motifs is 2. The van der Waals surface area contributed by atoms with Crippen LogP contribution >= 0.6 is 11.6 Å². The van der Waals surface area contributed by atoms with Crippen LogP contribution in [0.5, 0.6) is 5.75 Å². The molecule has 1 aliphatic heterocycles. The Labute approximate surface area is 170 Å². The molecular weight excluding hydrogens is 392 g/mol. The van der Waals surface area contributed by atoms with Crippen LogP contribution in [0.15, 0.2) is 65.1 Å². The van der Waals surface area contributed by atoms with Crippen LogP contribution in [0.3, 0.4) is 0 Å². The van der Waals surface area contributed by atoms with Crippen LogP contribution in [0.1, 0.15) is 20.7 Å². The average Bonchev–Trinajstić information content (AvgIpc) is 3.27. The molecule has 0 saturated carbocycles. The molecule has 0 fully saturated rings. The van der Waals surface area contributed by atoms with Crippen LogP contribution in [-0.4, -0.2) is 23.9 Å². The Kier molecular flexibility index (Phi) is 3.89. The third kappa shape index (κ3) is 2.68. The summed E-state index contributed by atoms with van der Waals surface area (Å²) in [6.07, 6.45) is 0. The maximum absolute atomic E-state index is 12.7. The lowest BCUT2D eigenvalue weighted by Crippen LogP contribution is -2.29. The van der Waals surface area contributed by atoms with Crippen LogP contribution in [0.25, 0.3) is 22.6 Å². The second kappa shape index (κ2) is 6.46. The first kappa shape index (κ1) is 17.5. The number of imide groups is 1. The molecule has 7 heteroatoms. The summed E-state index contributed by atoms with van der Waals surface area (Å²) >= 11 is 6.19. The highest BCUT2D eigenvalue weighted by molar-refractivity contribution is 6.34. The van der Waals surface area contributed by atoms with Crippen LogP contribution < -0.4 is 9.64 Å². The van der Waals surface area contributed by atoms with Crippen molar-refractivity contribution < 1.29 is 18.7 Å². The Morgan fingerprint density at radius 1 is 0.966 bits per heavy atom. The molecule has 0 unspecified atom stereocenters. The van der Waals surface area contributed by atoms with Gasteiger partial charge in [-0.2, -0.15) is 0 Å². The van der Waals surface area contributed by atoms with Crippen molar-refractivity contribution in [2.24, 2.45) is 0 Å². The smallest absolute Gasteiger partial charge is 0.266 e. The molecule has 2 amide bonds. The van der Waals surface area contributed by atoms with Crippen LogP contribution in [0.4, 0.5) is 5.69 Å². The first-order valence-corrected chi connectivity index (χ1v) is 9.17. The summed E-state index contributed by atoms with van der Waals surface area (Å²) in [4.78, 5) is 31.1. The van der Waals surface area contributed by atoms with Crippen molar-refractivity contribution in [3.05, 3.63) is 76.8 Å². The number of carbonyl (C=O) groups excluding carboxylic acids is 2. The molecule has 0 aliphatic carbocycles. The molecular formula is C22H13ClN2O4. The highest BCUT2D eigenvalue weighted by Crippen LogP contribution is 2.34. The average molecular weight is 405 g/mol. The molecule has 0 radical (unpaired) electrons. The van der Waals surface area contributed by atoms with Crippen LogP contribution in [0, 0.1) is 0 Å². The molecule has 0 atom stereocenters. The first-order chi connectivity index (χ1) is 14.1. The molecule has 0 N–H and O–H groups in total. The number of aromatic nitrogens is 1. The van der Waals surface area contributed by atoms with E-state index in [9.17, 15) is 9.59 Å². The molecule has 0 spiro atoms. The molecule has 0 bridgehead atoms. The summed E-state index contributed by atoms with van der Waals surface area (Å²) in [7, 11) is 1.54. The zero-order valence-corrected chi connectivity index (χ0v) is 15.9. The van der Waals surface area contributed by atoms with Crippen molar-refractivity contribution in [3.8, 4) is 17.2 Å². The van der Waals surface area contributed by atoms with Gasteiger partial charge in [-0.25, -0.2) is 9.88 Å². The standard InChI is InChI=1S/C22H13ClN2O4/c1-28-18-8-6-12(10-16(18)23)20-24-17-11-13(7-9-19(17)29-20)25-21(26)14-4-2-3-5-15(14)22(25)27/h2-11H,1H3. The fourth-order valence-corrected chi connectivity index (χ4v) is 3.66. The lowest BCUT2D eigenvalue weighted by atomic mass is 10.1. The van der Waals surface area contributed by atoms with Gasteiger partial charge in [-0.15, -0.1) is 0 Å². The number of rotatable bonds is 3. The van der Waals surface area contributed by atoms with Gasteiger partial charge in [-0.05, 0) is 48.5 Å². The van der Waals surface area contributed by atoms with Crippen LogP contribution in [0.2, 0.25) is 5.02 Å². The van der Waals surface area contributed by atoms with Gasteiger partial charge < -0.3 is 9.15 Å². The zero-order chi connectivity index (χ0) is 20.1. The molecule has 5 rings (SSSR count). The van der Waals surface area contributed by atoms with E-state index in [1.807, 2.05) is 0 Å². The number of amides is 2. The Balaban J connectivity index is 1.55. The molecule has 1 aromatic heterocycles. The van der Waals surface area contributed by atoms with Gasteiger partial charge >= 0.3 is 0 Å². The number of carbonyl (C=O) groups is 2.